The van der Waals surface area contributed by atoms with Crippen molar-refractivity contribution >= 4 is 11.6 Å². The number of benzene rings is 1. The maximum atomic E-state index is 12.0. The SMILES string of the molecule is CCNc1ccc(C(=O)NCc2ccc(OC)cc2)nc1. The second kappa shape index (κ2) is 7.28. The van der Waals surface area contributed by atoms with Gasteiger partial charge in [0.2, 0.25) is 0 Å². The van der Waals surface area contributed by atoms with Gasteiger partial charge in [-0.15, -0.1) is 0 Å². The van der Waals surface area contributed by atoms with Gasteiger partial charge in [0.05, 0.1) is 19.0 Å². The Morgan fingerprint density at radius 3 is 2.52 bits per heavy atom. The van der Waals surface area contributed by atoms with E-state index in [0.717, 1.165) is 23.5 Å². The fraction of sp³-hybridized carbons (Fsp3) is 0.250. The third-order valence-electron chi connectivity index (χ3n) is 2.99. The highest BCUT2D eigenvalue weighted by Crippen LogP contribution is 2.11. The van der Waals surface area contributed by atoms with Crippen molar-refractivity contribution in [1.29, 1.82) is 0 Å². The minimum Gasteiger partial charge on any atom is -0.497 e. The lowest BCUT2D eigenvalue weighted by Gasteiger charge is -2.07. The number of carbonyl (C=O) groups is 1. The molecule has 0 atom stereocenters. The smallest absolute Gasteiger partial charge is 0.270 e. The maximum Gasteiger partial charge on any atom is 0.270 e. The summed E-state index contributed by atoms with van der Waals surface area (Å²) in [5.74, 6) is 0.611. The summed E-state index contributed by atoms with van der Waals surface area (Å²) in [6, 6.07) is 11.1. The van der Waals surface area contributed by atoms with E-state index in [1.165, 1.54) is 0 Å². The number of aromatic nitrogens is 1. The molecule has 0 radical (unpaired) electrons. The van der Waals surface area contributed by atoms with E-state index >= 15 is 0 Å². The summed E-state index contributed by atoms with van der Waals surface area (Å²) in [6.45, 7) is 3.29. The van der Waals surface area contributed by atoms with Crippen LogP contribution in [0.2, 0.25) is 0 Å². The molecule has 5 nitrogen and oxygen atoms in total. The number of nitrogens with zero attached hydrogens (tertiary/aromatic N) is 1. The maximum absolute atomic E-state index is 12.0. The summed E-state index contributed by atoms with van der Waals surface area (Å²) >= 11 is 0. The van der Waals surface area contributed by atoms with Gasteiger partial charge in [0, 0.05) is 13.1 Å². The molecule has 2 aromatic rings. The first-order valence-corrected chi connectivity index (χ1v) is 6.84. The Labute approximate surface area is 124 Å². The fourth-order valence-electron chi connectivity index (χ4n) is 1.85. The molecule has 110 valence electrons. The fourth-order valence-corrected chi connectivity index (χ4v) is 1.85. The Hall–Kier alpha value is -2.56. The lowest BCUT2D eigenvalue weighted by molar-refractivity contribution is 0.0946. The van der Waals surface area contributed by atoms with Gasteiger partial charge in [-0.3, -0.25) is 4.79 Å². The first kappa shape index (κ1) is 14.8. The third-order valence-corrected chi connectivity index (χ3v) is 2.99. The van der Waals surface area contributed by atoms with E-state index in [9.17, 15) is 4.79 Å². The largest absolute Gasteiger partial charge is 0.497 e. The molecule has 0 saturated carbocycles. The molecule has 0 unspecified atom stereocenters. The minimum atomic E-state index is -0.186. The average molecular weight is 285 g/mol. The number of hydrogen-bond acceptors (Lipinski definition) is 4. The summed E-state index contributed by atoms with van der Waals surface area (Å²) in [4.78, 5) is 16.1. The van der Waals surface area contributed by atoms with Crippen LogP contribution in [0.15, 0.2) is 42.6 Å². The predicted molar refractivity (Wildman–Crippen MR) is 82.6 cm³/mol. The molecule has 0 aliphatic heterocycles. The molecule has 2 rings (SSSR count). The average Bonchev–Trinajstić information content (AvgIpc) is 2.54. The zero-order valence-electron chi connectivity index (χ0n) is 12.2. The molecule has 0 fully saturated rings. The minimum absolute atomic E-state index is 0.186. The van der Waals surface area contributed by atoms with Crippen molar-refractivity contribution in [1.82, 2.24) is 10.3 Å². The van der Waals surface area contributed by atoms with Crippen LogP contribution in [0, 0.1) is 0 Å². The number of hydrogen-bond donors (Lipinski definition) is 2. The summed E-state index contributed by atoms with van der Waals surface area (Å²) in [5, 5.41) is 5.98. The highest BCUT2D eigenvalue weighted by Gasteiger charge is 2.06. The van der Waals surface area contributed by atoms with Gasteiger partial charge in [-0.05, 0) is 36.8 Å². The van der Waals surface area contributed by atoms with E-state index in [2.05, 4.69) is 15.6 Å². The molecule has 0 saturated heterocycles. The van der Waals surface area contributed by atoms with Crippen LogP contribution in [0.25, 0.3) is 0 Å². The number of methoxy groups -OCH3 is 1. The van der Waals surface area contributed by atoms with Crippen molar-refractivity contribution in [3.8, 4) is 5.75 Å². The molecular weight excluding hydrogens is 266 g/mol. The van der Waals surface area contributed by atoms with Crippen molar-refractivity contribution in [3.05, 3.63) is 53.9 Å². The summed E-state index contributed by atoms with van der Waals surface area (Å²) in [5.41, 5.74) is 2.32. The van der Waals surface area contributed by atoms with Crippen LogP contribution in [0.1, 0.15) is 23.0 Å². The second-order valence-electron chi connectivity index (χ2n) is 4.49. The molecule has 0 aliphatic rings. The van der Waals surface area contributed by atoms with Crippen molar-refractivity contribution in [2.24, 2.45) is 0 Å². The van der Waals surface area contributed by atoms with Gasteiger partial charge < -0.3 is 15.4 Å². The number of anilines is 1. The van der Waals surface area contributed by atoms with Gasteiger partial charge in [-0.2, -0.15) is 0 Å². The third kappa shape index (κ3) is 4.21. The number of ether oxygens (including phenoxy) is 1. The second-order valence-corrected chi connectivity index (χ2v) is 4.49. The number of carbonyl (C=O) groups excluding carboxylic acids is 1. The number of nitrogens with one attached hydrogen (secondary N) is 2. The Morgan fingerprint density at radius 1 is 1.19 bits per heavy atom. The van der Waals surface area contributed by atoms with Gasteiger partial charge in [0.15, 0.2) is 0 Å². The molecule has 2 N–H and O–H groups in total. The zero-order chi connectivity index (χ0) is 15.1. The Kier molecular flexibility index (Phi) is 5.15. The normalized spacial score (nSPS) is 10.0. The molecule has 1 aromatic carbocycles. The first-order chi connectivity index (χ1) is 10.2. The van der Waals surface area contributed by atoms with Gasteiger partial charge in [-0.25, -0.2) is 4.98 Å². The van der Waals surface area contributed by atoms with Crippen LogP contribution in [0.3, 0.4) is 0 Å². The van der Waals surface area contributed by atoms with Crippen LogP contribution in [0.4, 0.5) is 5.69 Å². The number of pyridine rings is 1. The van der Waals surface area contributed by atoms with Crippen LogP contribution in [-0.2, 0) is 6.54 Å². The van der Waals surface area contributed by atoms with E-state index in [4.69, 9.17) is 4.74 Å². The van der Waals surface area contributed by atoms with E-state index in [1.54, 1.807) is 19.4 Å². The molecule has 1 amide bonds. The number of amides is 1. The van der Waals surface area contributed by atoms with E-state index in [-0.39, 0.29) is 5.91 Å². The summed E-state index contributed by atoms with van der Waals surface area (Å²) in [6.07, 6.45) is 1.66. The highest BCUT2D eigenvalue weighted by atomic mass is 16.5. The van der Waals surface area contributed by atoms with E-state index in [1.807, 2.05) is 37.3 Å². The van der Waals surface area contributed by atoms with Crippen molar-refractivity contribution in [2.75, 3.05) is 19.0 Å². The van der Waals surface area contributed by atoms with Crippen molar-refractivity contribution < 1.29 is 9.53 Å². The zero-order valence-corrected chi connectivity index (χ0v) is 12.2. The first-order valence-electron chi connectivity index (χ1n) is 6.84. The van der Waals surface area contributed by atoms with Crippen LogP contribution in [-0.4, -0.2) is 24.5 Å². The van der Waals surface area contributed by atoms with E-state index in [0.29, 0.717) is 12.2 Å². The van der Waals surface area contributed by atoms with Gasteiger partial charge in [0.1, 0.15) is 11.4 Å². The predicted octanol–water partition coefficient (Wildman–Crippen LogP) is 2.45. The van der Waals surface area contributed by atoms with Gasteiger partial charge >= 0.3 is 0 Å². The molecule has 0 spiro atoms. The Morgan fingerprint density at radius 2 is 1.95 bits per heavy atom. The number of rotatable bonds is 6. The Bertz CT molecular complexity index is 579. The molecule has 21 heavy (non-hydrogen) atoms. The van der Waals surface area contributed by atoms with Gasteiger partial charge in [0.25, 0.3) is 5.91 Å². The standard InChI is InChI=1S/C16H19N3O2/c1-3-17-13-6-9-15(18-11-13)16(20)19-10-12-4-7-14(21-2)8-5-12/h4-9,11,17H,3,10H2,1-2H3,(H,19,20). The van der Waals surface area contributed by atoms with Crippen molar-refractivity contribution in [2.45, 2.75) is 13.5 Å². The molecule has 0 bridgehead atoms. The van der Waals surface area contributed by atoms with Crippen LogP contribution >= 0.6 is 0 Å². The quantitative estimate of drug-likeness (QED) is 0.855. The van der Waals surface area contributed by atoms with Gasteiger partial charge in [-0.1, -0.05) is 12.1 Å². The molecule has 1 aromatic heterocycles. The Balaban J connectivity index is 1.91. The molecule has 5 heteroatoms. The van der Waals surface area contributed by atoms with Crippen LogP contribution in [0.5, 0.6) is 5.75 Å². The topological polar surface area (TPSA) is 63.2 Å². The lowest BCUT2D eigenvalue weighted by atomic mass is 10.2. The molecule has 0 aliphatic carbocycles. The van der Waals surface area contributed by atoms with E-state index < -0.39 is 0 Å². The van der Waals surface area contributed by atoms with Crippen molar-refractivity contribution in [3.63, 3.8) is 0 Å². The molecular formula is C16H19N3O2. The monoisotopic (exact) mass is 285 g/mol. The summed E-state index contributed by atoms with van der Waals surface area (Å²) < 4.78 is 5.09. The molecule has 1 heterocycles. The highest BCUT2D eigenvalue weighted by molar-refractivity contribution is 5.92. The van der Waals surface area contributed by atoms with Crippen LogP contribution < -0.4 is 15.4 Å². The summed E-state index contributed by atoms with van der Waals surface area (Å²) in [7, 11) is 1.62. The lowest BCUT2D eigenvalue weighted by Crippen LogP contribution is -2.23.